The maximum absolute atomic E-state index is 14.5. The highest BCUT2D eigenvalue weighted by Crippen LogP contribution is 2.29. The second kappa shape index (κ2) is 11.0. The lowest BCUT2D eigenvalue weighted by Crippen LogP contribution is -2.44. The van der Waals surface area contributed by atoms with Crippen LogP contribution in [0.2, 0.25) is 0 Å². The van der Waals surface area contributed by atoms with Gasteiger partial charge in [0, 0.05) is 36.7 Å². The Morgan fingerprint density at radius 2 is 2.00 bits per heavy atom. The van der Waals surface area contributed by atoms with Gasteiger partial charge in [-0.2, -0.15) is 15.5 Å². The van der Waals surface area contributed by atoms with Crippen molar-refractivity contribution in [3.63, 3.8) is 0 Å². The molecular formula is C29H23BrFN9O3. The lowest BCUT2D eigenvalue weighted by molar-refractivity contribution is -0.137. The summed E-state index contributed by atoms with van der Waals surface area (Å²) < 4.78 is 18.0. The summed E-state index contributed by atoms with van der Waals surface area (Å²) in [5.41, 5.74) is 3.51. The average molecular weight is 644 g/mol. The summed E-state index contributed by atoms with van der Waals surface area (Å²) in [5, 5.41) is 21.3. The van der Waals surface area contributed by atoms with Crippen LogP contribution < -0.4 is 5.32 Å². The van der Waals surface area contributed by atoms with Gasteiger partial charge in [0.2, 0.25) is 11.8 Å². The molecule has 6 rings (SSSR count). The number of amides is 2. The van der Waals surface area contributed by atoms with Gasteiger partial charge in [0.05, 0.1) is 17.8 Å². The fourth-order valence-electron chi connectivity index (χ4n) is 5.28. The van der Waals surface area contributed by atoms with Crippen molar-refractivity contribution in [1.82, 2.24) is 34.3 Å². The lowest BCUT2D eigenvalue weighted by atomic mass is 10.0. The minimum absolute atomic E-state index is 0.141. The van der Waals surface area contributed by atoms with Crippen LogP contribution in [0.5, 0.6) is 0 Å². The number of likely N-dealkylation sites (tertiary alicyclic amines) is 1. The molecule has 0 saturated carbocycles. The van der Waals surface area contributed by atoms with Gasteiger partial charge >= 0.3 is 0 Å². The topological polar surface area (TPSA) is 151 Å². The molecule has 2 atom stereocenters. The molecule has 5 aromatic rings. The molecular weight excluding hydrogens is 621 g/mol. The second-order valence-electron chi connectivity index (χ2n) is 10.2. The number of fused-ring (bicyclic) bond motifs is 2. The quantitative estimate of drug-likeness (QED) is 0.216. The number of alkyl halides is 1. The molecule has 1 N–H and O–H groups in total. The van der Waals surface area contributed by atoms with Gasteiger partial charge in [-0.25, -0.2) is 18.9 Å². The normalized spacial score (nSPS) is 16.5. The zero-order valence-electron chi connectivity index (χ0n) is 23.0. The fraction of sp³-hybridized carbons (Fsp3) is 0.241. The predicted molar refractivity (Wildman–Crippen MR) is 157 cm³/mol. The van der Waals surface area contributed by atoms with E-state index in [1.165, 1.54) is 21.0 Å². The number of rotatable bonds is 6. The highest BCUT2D eigenvalue weighted by Gasteiger charge is 2.40. The molecule has 1 aliphatic heterocycles. The Kier molecular flexibility index (Phi) is 7.18. The van der Waals surface area contributed by atoms with Crippen molar-refractivity contribution in [2.75, 3.05) is 11.9 Å². The number of ketones is 1. The van der Waals surface area contributed by atoms with Gasteiger partial charge < -0.3 is 10.2 Å². The highest BCUT2D eigenvalue weighted by molar-refractivity contribution is 9.10. The number of nitrogens with one attached hydrogen (secondary N) is 1. The maximum Gasteiger partial charge on any atom is 0.248 e. The van der Waals surface area contributed by atoms with E-state index < -0.39 is 24.0 Å². The Balaban J connectivity index is 1.29. The number of nitriles is 1. The lowest BCUT2D eigenvalue weighted by Gasteiger charge is -2.23. The first-order valence-electron chi connectivity index (χ1n) is 13.3. The molecule has 43 heavy (non-hydrogen) atoms. The number of anilines is 1. The second-order valence-corrected chi connectivity index (χ2v) is 11.0. The van der Waals surface area contributed by atoms with E-state index in [0.717, 1.165) is 5.56 Å². The van der Waals surface area contributed by atoms with Crippen LogP contribution in [0.1, 0.15) is 35.1 Å². The van der Waals surface area contributed by atoms with Crippen LogP contribution in [-0.4, -0.2) is 70.6 Å². The summed E-state index contributed by atoms with van der Waals surface area (Å²) in [4.78, 5) is 48.8. The van der Waals surface area contributed by atoms with Gasteiger partial charge in [-0.15, -0.1) is 0 Å². The van der Waals surface area contributed by atoms with E-state index in [2.05, 4.69) is 47.5 Å². The third-order valence-electron chi connectivity index (χ3n) is 7.30. The number of carbonyl (C=O) groups excluding carboxylic acids is 3. The zero-order chi connectivity index (χ0) is 30.4. The number of benzene rings is 1. The van der Waals surface area contributed by atoms with E-state index >= 15 is 0 Å². The number of nitrogens with zero attached hydrogens (tertiary/aromatic N) is 8. The number of aromatic nitrogens is 6. The van der Waals surface area contributed by atoms with Crippen LogP contribution in [0.15, 0.2) is 53.4 Å². The van der Waals surface area contributed by atoms with Gasteiger partial charge in [0.15, 0.2) is 11.4 Å². The van der Waals surface area contributed by atoms with E-state index in [4.69, 9.17) is 0 Å². The molecule has 0 aliphatic carbocycles. The van der Waals surface area contributed by atoms with E-state index in [-0.39, 0.29) is 36.8 Å². The van der Waals surface area contributed by atoms with Crippen molar-refractivity contribution in [3.05, 3.63) is 70.3 Å². The molecule has 1 saturated heterocycles. The van der Waals surface area contributed by atoms with E-state index in [1.54, 1.807) is 55.7 Å². The number of hydrogen-bond donors (Lipinski definition) is 1. The molecule has 1 aromatic carbocycles. The Labute approximate surface area is 252 Å². The molecule has 216 valence electrons. The van der Waals surface area contributed by atoms with Crippen LogP contribution in [0, 0.1) is 18.3 Å². The Morgan fingerprint density at radius 3 is 2.74 bits per heavy atom. The first kappa shape index (κ1) is 28.1. The number of halogens is 2. The zero-order valence-corrected chi connectivity index (χ0v) is 24.5. The molecule has 12 nitrogen and oxygen atoms in total. The number of Topliss-reactive ketones (excluding diaryl/α,β-unsaturated/α-hetero) is 1. The van der Waals surface area contributed by atoms with Crippen molar-refractivity contribution in [2.45, 2.75) is 39.0 Å². The molecule has 0 radical (unpaired) electrons. The smallest absolute Gasteiger partial charge is 0.248 e. The van der Waals surface area contributed by atoms with E-state index in [9.17, 15) is 24.0 Å². The molecule has 5 heterocycles. The summed E-state index contributed by atoms with van der Waals surface area (Å²) in [7, 11) is 0. The minimum Gasteiger partial charge on any atom is -0.326 e. The summed E-state index contributed by atoms with van der Waals surface area (Å²) in [5.74, 6) is -1.08. The molecule has 2 amide bonds. The number of hydrogen-bond acceptors (Lipinski definition) is 8. The van der Waals surface area contributed by atoms with Crippen LogP contribution in [-0.2, 0) is 16.1 Å². The maximum atomic E-state index is 14.5. The summed E-state index contributed by atoms with van der Waals surface area (Å²) in [6.45, 7) is 2.58. The molecule has 14 heteroatoms. The first-order chi connectivity index (χ1) is 20.6. The SMILES string of the molecule is CC(=O)c1nn(CC(=O)N2C[C@H](F)C[C@H]2C(=O)Nc2cccc(Br)n2)c2ccc(-c3cnc4c(C#N)c(C)nn4c3)cc12. The van der Waals surface area contributed by atoms with Crippen LogP contribution in [0.3, 0.4) is 0 Å². The average Bonchev–Trinajstić information content (AvgIpc) is 3.64. The molecule has 4 aromatic heterocycles. The number of aryl methyl sites for hydroxylation is 1. The first-order valence-corrected chi connectivity index (χ1v) is 14.1. The van der Waals surface area contributed by atoms with Crippen LogP contribution in [0.4, 0.5) is 10.2 Å². The van der Waals surface area contributed by atoms with E-state index in [1.807, 2.05) is 0 Å². The largest absolute Gasteiger partial charge is 0.326 e. The Morgan fingerprint density at radius 1 is 1.19 bits per heavy atom. The Hall–Kier alpha value is -5.03. The highest BCUT2D eigenvalue weighted by atomic mass is 79.9. The van der Waals surface area contributed by atoms with Gasteiger partial charge in [-0.1, -0.05) is 12.1 Å². The number of pyridine rings is 1. The molecule has 0 spiro atoms. The minimum atomic E-state index is -1.37. The summed E-state index contributed by atoms with van der Waals surface area (Å²) >= 11 is 3.24. The summed E-state index contributed by atoms with van der Waals surface area (Å²) in [6.07, 6.45) is 1.86. The molecule has 0 bridgehead atoms. The summed E-state index contributed by atoms with van der Waals surface area (Å²) in [6, 6.07) is 11.4. The van der Waals surface area contributed by atoms with Crippen LogP contribution in [0.25, 0.3) is 27.7 Å². The van der Waals surface area contributed by atoms with Crippen LogP contribution >= 0.6 is 15.9 Å². The van der Waals surface area contributed by atoms with Gasteiger partial charge in [0.1, 0.15) is 46.5 Å². The van der Waals surface area contributed by atoms with Gasteiger partial charge in [0.25, 0.3) is 0 Å². The van der Waals surface area contributed by atoms with Crippen molar-refractivity contribution in [2.24, 2.45) is 0 Å². The Bertz CT molecular complexity index is 2000. The number of carbonyl (C=O) groups is 3. The third-order valence-corrected chi connectivity index (χ3v) is 7.74. The standard InChI is InChI=1S/C29H23BrFN9O3/c1-15-21(10-32)28-33-11-18(12-40(28)36-15)17-6-7-22-20(8-17)27(16(2)41)37-39(22)14-26(42)38-13-19(31)9-23(38)29(43)35-25-5-3-4-24(30)34-25/h3-8,11-12,19,23H,9,13-14H2,1-2H3,(H,34,35,43)/t19-,23+/m1/s1. The van der Waals surface area contributed by atoms with Gasteiger partial charge in [-0.3, -0.25) is 19.1 Å². The predicted octanol–water partition coefficient (Wildman–Crippen LogP) is 3.86. The monoisotopic (exact) mass is 643 g/mol. The fourth-order valence-corrected chi connectivity index (χ4v) is 5.62. The van der Waals surface area contributed by atoms with Crippen molar-refractivity contribution >= 4 is 55.9 Å². The molecule has 1 fully saturated rings. The van der Waals surface area contributed by atoms with Crippen molar-refractivity contribution in [3.8, 4) is 17.2 Å². The molecule has 1 aliphatic rings. The molecule has 0 unspecified atom stereocenters. The van der Waals surface area contributed by atoms with Crippen molar-refractivity contribution in [1.29, 1.82) is 5.26 Å². The van der Waals surface area contributed by atoms with Crippen molar-refractivity contribution < 1.29 is 18.8 Å². The van der Waals surface area contributed by atoms with E-state index in [0.29, 0.717) is 38.0 Å². The third kappa shape index (κ3) is 5.23. The van der Waals surface area contributed by atoms with Gasteiger partial charge in [-0.05, 0) is 52.7 Å².